The molecule has 0 aliphatic rings. The van der Waals surface area contributed by atoms with Gasteiger partial charge in [-0.25, -0.2) is 12.1 Å². The van der Waals surface area contributed by atoms with E-state index in [1.165, 1.54) is 13.1 Å². The summed E-state index contributed by atoms with van der Waals surface area (Å²) in [5, 5.41) is 6.25. The van der Waals surface area contributed by atoms with Crippen LogP contribution < -0.4 is 0 Å². The van der Waals surface area contributed by atoms with Crippen molar-refractivity contribution in [2.45, 2.75) is 0 Å². The summed E-state index contributed by atoms with van der Waals surface area (Å²) in [5.41, 5.74) is 0. The maximum atomic E-state index is 9.40. The zero-order valence-electron chi connectivity index (χ0n) is 6.94. The van der Waals surface area contributed by atoms with Crippen molar-refractivity contribution >= 4 is 13.1 Å². The molecule has 1 aromatic rings. The normalized spacial score (nSPS) is 5.57. The zero-order valence-corrected chi connectivity index (χ0v) is 9.65. The van der Waals surface area contributed by atoms with E-state index in [4.69, 9.17) is 11.8 Å². The van der Waals surface area contributed by atoms with Gasteiger partial charge in [-0.1, -0.05) is 0 Å². The van der Waals surface area contributed by atoms with E-state index in [1.54, 1.807) is 0 Å². The first-order chi connectivity index (χ1) is 6.85. The molecule has 0 heterocycles. The topological polar surface area (TPSA) is 75.0 Å². The van der Waals surface area contributed by atoms with E-state index in [0.29, 0.717) is 0 Å². The molecule has 1 aromatic carbocycles. The zero-order chi connectivity index (χ0) is 11.2. The number of carbonyl (C=O) groups excluding carboxylic acids is 3. The molecule has 0 aromatic heterocycles. The third kappa shape index (κ3) is 10.2. The standard InChI is InChI=1S/C5H5.CN.3CO.Re/c1-2-4-5-3-1;4*1-2;/h1-5H;;;;;/q2*-1;;;;. The van der Waals surface area contributed by atoms with Gasteiger partial charge >= 0.3 is 42.8 Å². The maximum absolute atomic E-state index is 9.40. The van der Waals surface area contributed by atoms with Gasteiger partial charge in [-0.15, -0.1) is 0 Å². The molecular formula is C9H5NO3Re-2. The van der Waals surface area contributed by atoms with Gasteiger partial charge in [0.05, 0.1) is 0 Å². The first-order valence-corrected chi connectivity index (χ1v) is 7.14. The van der Waals surface area contributed by atoms with Gasteiger partial charge in [0.1, 0.15) is 0 Å². The minimum Gasteiger partial charge on any atom is -0.512 e. The Bertz CT molecular complexity index is 389. The van der Waals surface area contributed by atoms with Gasteiger partial charge in [0, 0.05) is 0 Å². The van der Waals surface area contributed by atoms with Gasteiger partial charge in [-0.2, -0.15) is 18.2 Å². The summed E-state index contributed by atoms with van der Waals surface area (Å²) in [4.78, 5) is 28.2. The van der Waals surface area contributed by atoms with Crippen LogP contribution in [0.15, 0.2) is 30.3 Å². The van der Waals surface area contributed by atoms with Crippen LogP contribution in [0.3, 0.4) is 0 Å². The molecule has 1 rings (SSSR count). The first-order valence-electron chi connectivity index (χ1n) is 3.07. The van der Waals surface area contributed by atoms with Gasteiger partial charge < -0.3 is 11.8 Å². The second kappa shape index (κ2) is 13.8. The third-order valence-electron chi connectivity index (χ3n) is 0.787. The summed E-state index contributed by atoms with van der Waals surface area (Å²) in [5.74, 6) is 0. The molecule has 73 valence electrons. The second-order valence-electron chi connectivity index (χ2n) is 1.48. The Morgan fingerprint density at radius 3 is 1.43 bits per heavy atom. The Labute approximate surface area is 85.2 Å². The molecule has 0 saturated heterocycles. The summed E-state index contributed by atoms with van der Waals surface area (Å²) in [6.07, 6.45) is 0. The molecule has 0 spiro atoms. The van der Waals surface area contributed by atoms with Crippen molar-refractivity contribution in [2.75, 3.05) is 0 Å². The van der Waals surface area contributed by atoms with Crippen molar-refractivity contribution in [1.82, 2.24) is 0 Å². The average Bonchev–Trinajstić information content (AvgIpc) is 2.82. The summed E-state index contributed by atoms with van der Waals surface area (Å²) in [6, 6.07) is 10.0. The Hall–Kier alpha value is -1.76. The van der Waals surface area contributed by atoms with Crippen molar-refractivity contribution in [3.63, 3.8) is 0 Å². The molecule has 5 heteroatoms. The molecule has 0 fully saturated rings. The smallest absolute Gasteiger partial charge is 0.172 e. The third-order valence-corrected chi connectivity index (χ3v) is 2.45. The summed E-state index contributed by atoms with van der Waals surface area (Å²) in [7, 11) is 0. The maximum Gasteiger partial charge on any atom is -0.172 e. The van der Waals surface area contributed by atoms with Crippen LogP contribution in [0.4, 0.5) is 0 Å². The first kappa shape index (κ1) is 14.7. The minimum atomic E-state index is -2.97. The quantitative estimate of drug-likeness (QED) is 0.624. The molecule has 0 amide bonds. The molecular weight excluding hydrogens is 356 g/mol. The molecule has 0 atom stereocenters. The van der Waals surface area contributed by atoms with Crippen LogP contribution in [0.1, 0.15) is 0 Å². The van der Waals surface area contributed by atoms with Crippen molar-refractivity contribution < 1.29 is 29.8 Å². The summed E-state index contributed by atoms with van der Waals surface area (Å²) < 4.78 is 3.87. The van der Waals surface area contributed by atoms with E-state index < -0.39 is 15.4 Å². The Morgan fingerprint density at radius 2 is 1.36 bits per heavy atom. The predicted molar refractivity (Wildman–Crippen MR) is 44.1 cm³/mol. The van der Waals surface area contributed by atoms with Crippen LogP contribution >= 0.6 is 0 Å². The van der Waals surface area contributed by atoms with Crippen LogP contribution in [0.5, 0.6) is 0 Å². The van der Waals surface area contributed by atoms with Crippen molar-refractivity contribution in [3.8, 4) is 0 Å². The van der Waals surface area contributed by atoms with Crippen molar-refractivity contribution in [1.29, 1.82) is 5.26 Å². The fourth-order valence-electron chi connectivity index (χ4n) is 0.368. The van der Waals surface area contributed by atoms with E-state index in [-0.39, 0.29) is 0 Å². The van der Waals surface area contributed by atoms with E-state index in [1.807, 2.05) is 30.3 Å². The summed E-state index contributed by atoms with van der Waals surface area (Å²) >= 11 is -2.97. The van der Waals surface area contributed by atoms with E-state index >= 15 is 0 Å². The number of hydrogen-bond donors (Lipinski definition) is 0. The predicted octanol–water partition coefficient (Wildman–Crippen LogP) is 0.308. The second-order valence-corrected chi connectivity index (χ2v) is 5.18. The molecule has 0 saturated carbocycles. The molecule has 0 aliphatic carbocycles. The molecule has 0 radical (unpaired) electrons. The van der Waals surface area contributed by atoms with Crippen LogP contribution in [0.2, 0.25) is 0 Å². The Morgan fingerprint density at radius 1 is 1.00 bits per heavy atom. The Kier molecular flexibility index (Phi) is 14.5. The van der Waals surface area contributed by atoms with Gasteiger partial charge in [0.15, 0.2) is 0 Å². The molecule has 0 aliphatic heterocycles. The van der Waals surface area contributed by atoms with E-state index in [9.17, 15) is 14.4 Å². The van der Waals surface area contributed by atoms with Crippen LogP contribution in [-0.2, 0) is 29.8 Å². The van der Waals surface area contributed by atoms with E-state index in [0.717, 1.165) is 0 Å². The molecule has 0 bridgehead atoms. The number of rotatable bonds is 0. The van der Waals surface area contributed by atoms with Gasteiger partial charge in [-0.05, 0) is 0 Å². The Balaban J connectivity index is 0. The van der Waals surface area contributed by atoms with Crippen LogP contribution in [0, 0.1) is 11.8 Å². The molecule has 0 unspecified atom stereocenters. The van der Waals surface area contributed by atoms with Gasteiger partial charge in [0.25, 0.3) is 0 Å². The average molecular weight is 361 g/mol. The molecule has 4 nitrogen and oxygen atoms in total. The largest absolute Gasteiger partial charge is 0.512 e. The van der Waals surface area contributed by atoms with Gasteiger partial charge in [0.2, 0.25) is 0 Å². The number of nitrogens with zero attached hydrogens (tertiary/aromatic N) is 1. The minimum absolute atomic E-state index is 1.29. The SMILES string of the molecule is O=[C]=[Re](=[C]=O)=[C]=O.[C-]#N.c1cc[cH-]c1. The fourth-order valence-corrected chi connectivity index (χ4v) is 0.707. The van der Waals surface area contributed by atoms with Crippen molar-refractivity contribution in [2.24, 2.45) is 0 Å². The van der Waals surface area contributed by atoms with Crippen LogP contribution in [0.25, 0.3) is 0 Å². The number of hydrogen-bond acceptors (Lipinski definition) is 4. The summed E-state index contributed by atoms with van der Waals surface area (Å²) in [6.45, 7) is 4.75. The molecule has 14 heavy (non-hydrogen) atoms. The van der Waals surface area contributed by atoms with E-state index in [2.05, 4.69) is 0 Å². The van der Waals surface area contributed by atoms with Crippen molar-refractivity contribution in [3.05, 3.63) is 36.9 Å². The monoisotopic (exact) mass is 362 g/mol. The fraction of sp³-hybridized carbons (Fsp3) is 0. The molecule has 0 N–H and O–H groups in total. The van der Waals surface area contributed by atoms with Crippen LogP contribution in [-0.4, -0.2) is 13.1 Å². The van der Waals surface area contributed by atoms with Gasteiger partial charge in [-0.3, -0.25) is 0 Å².